The number of ether oxygens (including phenoxy) is 1. The van der Waals surface area contributed by atoms with Gasteiger partial charge in [0.2, 0.25) is 0 Å². The first kappa shape index (κ1) is 28.5. The molecule has 1 saturated heterocycles. The lowest BCUT2D eigenvalue weighted by molar-refractivity contribution is -0.149. The molecule has 0 radical (unpaired) electrons. The number of carbonyl (C=O) groups is 1. The monoisotopic (exact) mass is 553 g/mol. The van der Waals surface area contributed by atoms with Crippen LogP contribution in [0.3, 0.4) is 0 Å². The average Bonchev–Trinajstić information content (AvgIpc) is 3.32. The molecule has 2 aromatic heterocycles. The maximum Gasteiger partial charge on any atom is 0.309 e. The Hall–Kier alpha value is -4.04. The maximum atomic E-state index is 12.0. The number of rotatable bonds is 9. The Morgan fingerprint density at radius 2 is 1.73 bits per heavy atom. The minimum absolute atomic E-state index is 0.0122. The van der Waals surface area contributed by atoms with Gasteiger partial charge in [-0.3, -0.25) is 9.69 Å². The highest BCUT2D eigenvalue weighted by molar-refractivity contribution is 6.12. The molecule has 8 heteroatoms. The molecule has 8 nitrogen and oxygen atoms in total. The third-order valence-corrected chi connectivity index (χ3v) is 7.90. The van der Waals surface area contributed by atoms with Crippen LogP contribution < -0.4 is 0 Å². The minimum Gasteiger partial charge on any atom is -0.466 e. The average molecular weight is 554 g/mol. The second kappa shape index (κ2) is 12.6. The first-order chi connectivity index (χ1) is 19.9. The standard InChI is InChI=1S/C33H39N5O3/c1-5-29-35-30-22(3)18-23(4)34-32(30)38(29)21-25-8-7-9-28(19-25)31(36-40)26-12-10-24(11-13-26)20-37-16-14-27(15-17-37)33(39)41-6-2/h7-13,18-19,27,40H,5-6,14-17,20-21H2,1-4H3/b36-31+. The topological polar surface area (TPSA) is 92.8 Å². The van der Waals surface area contributed by atoms with E-state index >= 15 is 0 Å². The fraction of sp³-hybridized carbons (Fsp3) is 0.394. The summed E-state index contributed by atoms with van der Waals surface area (Å²) in [7, 11) is 0. The van der Waals surface area contributed by atoms with E-state index in [0.29, 0.717) is 18.9 Å². The van der Waals surface area contributed by atoms with E-state index in [1.54, 1.807) is 0 Å². The molecule has 0 bridgehead atoms. The lowest BCUT2D eigenvalue weighted by Gasteiger charge is -2.30. The van der Waals surface area contributed by atoms with E-state index in [4.69, 9.17) is 14.7 Å². The Balaban J connectivity index is 1.29. The molecule has 1 N–H and O–H groups in total. The number of oxime groups is 1. The molecule has 41 heavy (non-hydrogen) atoms. The molecule has 3 heterocycles. The van der Waals surface area contributed by atoms with Gasteiger partial charge in [-0.25, -0.2) is 9.97 Å². The molecule has 1 aliphatic rings. The van der Waals surface area contributed by atoms with Gasteiger partial charge in [0.15, 0.2) is 5.65 Å². The largest absolute Gasteiger partial charge is 0.466 e. The smallest absolute Gasteiger partial charge is 0.309 e. The molecule has 0 saturated carbocycles. The van der Waals surface area contributed by atoms with Crippen LogP contribution in [-0.2, 0) is 29.0 Å². The van der Waals surface area contributed by atoms with E-state index in [9.17, 15) is 10.0 Å². The van der Waals surface area contributed by atoms with Gasteiger partial charge in [-0.05, 0) is 75.5 Å². The summed E-state index contributed by atoms with van der Waals surface area (Å²) in [6, 6.07) is 18.4. The first-order valence-corrected chi connectivity index (χ1v) is 14.5. The Kier molecular flexibility index (Phi) is 8.78. The second-order valence-electron chi connectivity index (χ2n) is 10.9. The van der Waals surface area contributed by atoms with Gasteiger partial charge in [-0.2, -0.15) is 0 Å². The fourth-order valence-corrected chi connectivity index (χ4v) is 5.78. The van der Waals surface area contributed by atoms with Crippen LogP contribution in [0.5, 0.6) is 0 Å². The molecule has 4 aromatic rings. The van der Waals surface area contributed by atoms with Gasteiger partial charge in [0.25, 0.3) is 0 Å². The highest BCUT2D eigenvalue weighted by atomic mass is 16.5. The normalized spacial score (nSPS) is 15.0. The lowest BCUT2D eigenvalue weighted by Crippen LogP contribution is -2.36. The van der Waals surface area contributed by atoms with Crippen molar-refractivity contribution in [2.75, 3.05) is 19.7 Å². The molecule has 1 aliphatic heterocycles. The predicted molar refractivity (Wildman–Crippen MR) is 160 cm³/mol. The number of benzene rings is 2. The van der Waals surface area contributed by atoms with Crippen molar-refractivity contribution in [2.24, 2.45) is 11.1 Å². The minimum atomic E-state index is -0.0672. The molecule has 214 valence electrons. The van der Waals surface area contributed by atoms with Crippen LogP contribution in [-0.4, -0.2) is 56.0 Å². The summed E-state index contributed by atoms with van der Waals surface area (Å²) in [5, 5.41) is 13.7. The number of hydrogen-bond donors (Lipinski definition) is 1. The zero-order valence-electron chi connectivity index (χ0n) is 24.4. The molecular formula is C33H39N5O3. The summed E-state index contributed by atoms with van der Waals surface area (Å²) in [4.78, 5) is 24.1. The van der Waals surface area contributed by atoms with E-state index < -0.39 is 0 Å². The Labute approximate surface area is 241 Å². The van der Waals surface area contributed by atoms with Crippen molar-refractivity contribution in [2.45, 2.75) is 60.0 Å². The van der Waals surface area contributed by atoms with Gasteiger partial charge in [-0.15, -0.1) is 0 Å². The zero-order chi connectivity index (χ0) is 28.9. The summed E-state index contributed by atoms with van der Waals surface area (Å²) in [5.74, 6) is 0.948. The highest BCUT2D eigenvalue weighted by Crippen LogP contribution is 2.23. The number of likely N-dealkylation sites (tertiary alicyclic amines) is 1. The molecule has 0 amide bonds. The first-order valence-electron chi connectivity index (χ1n) is 14.5. The van der Waals surface area contributed by atoms with Gasteiger partial charge < -0.3 is 14.5 Å². The molecule has 1 fully saturated rings. The predicted octanol–water partition coefficient (Wildman–Crippen LogP) is 5.66. The summed E-state index contributed by atoms with van der Waals surface area (Å²) < 4.78 is 7.38. The number of imidazole rings is 1. The molecule has 5 rings (SSSR count). The van der Waals surface area contributed by atoms with Gasteiger partial charge in [-0.1, -0.05) is 54.5 Å². The number of aromatic nitrogens is 3. The van der Waals surface area contributed by atoms with Crippen LogP contribution in [0.1, 0.15) is 66.0 Å². The number of nitrogens with zero attached hydrogens (tertiary/aromatic N) is 5. The van der Waals surface area contributed by atoms with Crippen molar-refractivity contribution in [3.63, 3.8) is 0 Å². The molecule has 0 atom stereocenters. The number of carbonyl (C=O) groups excluding carboxylic acids is 1. The third-order valence-electron chi connectivity index (χ3n) is 7.90. The Morgan fingerprint density at radius 3 is 2.41 bits per heavy atom. The quantitative estimate of drug-likeness (QED) is 0.124. The maximum absolute atomic E-state index is 12.0. The van der Waals surface area contributed by atoms with Crippen molar-refractivity contribution >= 4 is 22.8 Å². The van der Waals surface area contributed by atoms with Crippen molar-refractivity contribution in [1.82, 2.24) is 19.4 Å². The second-order valence-corrected chi connectivity index (χ2v) is 10.9. The van der Waals surface area contributed by atoms with Crippen LogP contribution in [0, 0.1) is 19.8 Å². The summed E-state index contributed by atoms with van der Waals surface area (Å²) in [6.45, 7) is 11.7. The number of hydrogen-bond acceptors (Lipinski definition) is 7. The molecule has 0 aliphatic carbocycles. The third kappa shape index (κ3) is 6.33. The highest BCUT2D eigenvalue weighted by Gasteiger charge is 2.26. The van der Waals surface area contributed by atoms with Crippen LogP contribution in [0.2, 0.25) is 0 Å². The van der Waals surface area contributed by atoms with Crippen LogP contribution >= 0.6 is 0 Å². The van der Waals surface area contributed by atoms with E-state index in [2.05, 4.69) is 58.8 Å². The van der Waals surface area contributed by atoms with E-state index in [1.807, 2.05) is 38.1 Å². The van der Waals surface area contributed by atoms with E-state index in [1.165, 1.54) is 5.56 Å². The van der Waals surface area contributed by atoms with Gasteiger partial charge in [0.05, 0.1) is 19.1 Å². The number of aryl methyl sites for hydroxylation is 3. The van der Waals surface area contributed by atoms with Gasteiger partial charge >= 0.3 is 5.97 Å². The number of piperidine rings is 1. The summed E-state index contributed by atoms with van der Waals surface area (Å²) >= 11 is 0. The van der Waals surface area contributed by atoms with Crippen LogP contribution in [0.4, 0.5) is 0 Å². The zero-order valence-corrected chi connectivity index (χ0v) is 24.4. The van der Waals surface area contributed by atoms with Crippen LogP contribution in [0.15, 0.2) is 59.8 Å². The number of esters is 1. The molecule has 0 unspecified atom stereocenters. The lowest BCUT2D eigenvalue weighted by atomic mass is 9.96. The summed E-state index contributed by atoms with van der Waals surface area (Å²) in [5.41, 5.74) is 8.47. The number of pyridine rings is 1. The Morgan fingerprint density at radius 1 is 0.976 bits per heavy atom. The number of fused-ring (bicyclic) bond motifs is 1. The Bertz CT molecular complexity index is 1550. The SMILES string of the molecule is CCOC(=O)C1CCN(Cc2ccc(/C(=N\O)c3cccc(Cn4c(CC)nc5c(C)cc(C)nc54)c3)cc2)CC1. The fourth-order valence-electron chi connectivity index (χ4n) is 5.78. The summed E-state index contributed by atoms with van der Waals surface area (Å²) in [6.07, 6.45) is 2.48. The van der Waals surface area contributed by atoms with Gasteiger partial charge in [0.1, 0.15) is 17.1 Å². The van der Waals surface area contributed by atoms with E-state index in [0.717, 1.165) is 83.8 Å². The van der Waals surface area contributed by atoms with Crippen molar-refractivity contribution in [1.29, 1.82) is 0 Å². The molecule has 0 spiro atoms. The van der Waals surface area contributed by atoms with Crippen LogP contribution in [0.25, 0.3) is 11.2 Å². The van der Waals surface area contributed by atoms with Crippen molar-refractivity contribution in [3.8, 4) is 0 Å². The molecule has 2 aromatic carbocycles. The van der Waals surface area contributed by atoms with Crippen molar-refractivity contribution in [3.05, 3.63) is 93.9 Å². The molecular weight excluding hydrogens is 514 g/mol. The van der Waals surface area contributed by atoms with Crippen molar-refractivity contribution < 1.29 is 14.7 Å². The van der Waals surface area contributed by atoms with Gasteiger partial charge in [0, 0.05) is 29.8 Å². The van der Waals surface area contributed by atoms with E-state index in [-0.39, 0.29) is 11.9 Å².